The lowest BCUT2D eigenvalue weighted by atomic mass is 9.87. The summed E-state index contributed by atoms with van der Waals surface area (Å²) in [5.74, 6) is -1.06. The molecule has 0 saturated heterocycles. The molecule has 0 saturated carbocycles. The van der Waals surface area contributed by atoms with Crippen molar-refractivity contribution in [2.75, 3.05) is 0 Å². The number of carbonyl (C=O) groups excluding carboxylic acids is 1. The lowest BCUT2D eigenvalue weighted by molar-refractivity contribution is -0.159. The second kappa shape index (κ2) is 9.82. The second-order valence-electron chi connectivity index (χ2n) is 5.19. The van der Waals surface area contributed by atoms with Crippen LogP contribution in [0.2, 0.25) is 0 Å². The van der Waals surface area contributed by atoms with Crippen LogP contribution >= 0.6 is 0 Å². The predicted molar refractivity (Wildman–Crippen MR) is 75.0 cm³/mol. The Bertz CT molecular complexity index is 275. The first kappa shape index (κ1) is 17.9. The lowest BCUT2D eigenvalue weighted by Gasteiger charge is -2.32. The van der Waals surface area contributed by atoms with Gasteiger partial charge in [-0.15, -0.1) is 0 Å². The summed E-state index contributed by atoms with van der Waals surface area (Å²) in [4.78, 5) is 21.9. The fourth-order valence-electron chi connectivity index (χ4n) is 2.39. The van der Waals surface area contributed by atoms with E-state index < -0.39 is 11.6 Å². The third kappa shape index (κ3) is 8.62. The van der Waals surface area contributed by atoms with E-state index in [1.54, 1.807) is 0 Å². The van der Waals surface area contributed by atoms with Gasteiger partial charge in [0.15, 0.2) is 0 Å². The maximum Gasteiger partial charge on any atom is 0.303 e. The van der Waals surface area contributed by atoms with Crippen molar-refractivity contribution in [1.29, 1.82) is 0 Å². The Morgan fingerprint density at radius 2 is 1.68 bits per heavy atom. The zero-order chi connectivity index (χ0) is 14.7. The maximum atomic E-state index is 11.3. The molecule has 0 aromatic carbocycles. The number of rotatable bonds is 11. The minimum absolute atomic E-state index is 0.137. The van der Waals surface area contributed by atoms with Crippen molar-refractivity contribution in [3.63, 3.8) is 0 Å². The Morgan fingerprint density at radius 1 is 1.05 bits per heavy atom. The highest BCUT2D eigenvalue weighted by atomic mass is 16.6. The van der Waals surface area contributed by atoms with Gasteiger partial charge in [0.05, 0.1) is 0 Å². The molecule has 1 atom stereocenters. The van der Waals surface area contributed by atoms with E-state index in [0.29, 0.717) is 12.8 Å². The van der Waals surface area contributed by atoms with Gasteiger partial charge < -0.3 is 9.84 Å². The van der Waals surface area contributed by atoms with Crippen LogP contribution in [0.3, 0.4) is 0 Å². The van der Waals surface area contributed by atoms with Crippen molar-refractivity contribution in [1.82, 2.24) is 0 Å². The van der Waals surface area contributed by atoms with Gasteiger partial charge in [-0.25, -0.2) is 0 Å². The molecule has 112 valence electrons. The fraction of sp³-hybridized carbons (Fsp3) is 0.867. The monoisotopic (exact) mass is 272 g/mol. The van der Waals surface area contributed by atoms with E-state index >= 15 is 0 Å². The zero-order valence-electron chi connectivity index (χ0n) is 12.5. The van der Waals surface area contributed by atoms with Crippen LogP contribution in [0, 0.1) is 0 Å². The number of carboxylic acid groups (broad SMARTS) is 1. The Balaban J connectivity index is 4.39. The molecule has 0 amide bonds. The number of unbranched alkanes of at least 4 members (excludes halogenated alkanes) is 3. The highest BCUT2D eigenvalue weighted by Gasteiger charge is 2.30. The minimum Gasteiger partial charge on any atom is -0.481 e. The molecule has 0 aliphatic rings. The van der Waals surface area contributed by atoms with Crippen molar-refractivity contribution in [3.05, 3.63) is 0 Å². The molecule has 0 aliphatic carbocycles. The topological polar surface area (TPSA) is 63.6 Å². The summed E-state index contributed by atoms with van der Waals surface area (Å²) in [6.45, 7) is 5.59. The standard InChI is InChI=1S/C15H28O4/c1-4-6-7-8-11-15(5-2,19-13(3)16)12-9-10-14(17)18/h4-12H2,1-3H3,(H,17,18). The average molecular weight is 272 g/mol. The van der Waals surface area contributed by atoms with Gasteiger partial charge in [0.2, 0.25) is 0 Å². The molecule has 0 aromatic rings. The molecule has 0 rings (SSSR count). The Hall–Kier alpha value is -1.06. The molecule has 1 unspecified atom stereocenters. The third-order valence-electron chi connectivity index (χ3n) is 3.51. The van der Waals surface area contributed by atoms with Crippen LogP contribution in [0.25, 0.3) is 0 Å². The Kier molecular flexibility index (Phi) is 9.27. The molecule has 1 N–H and O–H groups in total. The first-order valence-corrected chi connectivity index (χ1v) is 7.37. The Morgan fingerprint density at radius 3 is 2.16 bits per heavy atom. The molecule has 0 spiro atoms. The van der Waals surface area contributed by atoms with Gasteiger partial charge in [-0.1, -0.05) is 33.1 Å². The van der Waals surface area contributed by atoms with E-state index in [0.717, 1.165) is 25.7 Å². The Labute approximate surface area is 116 Å². The van der Waals surface area contributed by atoms with Gasteiger partial charge in [-0.2, -0.15) is 0 Å². The van der Waals surface area contributed by atoms with Crippen molar-refractivity contribution < 1.29 is 19.4 Å². The van der Waals surface area contributed by atoms with E-state index in [1.165, 1.54) is 19.8 Å². The highest BCUT2D eigenvalue weighted by molar-refractivity contribution is 5.67. The van der Waals surface area contributed by atoms with Gasteiger partial charge in [-0.3, -0.25) is 9.59 Å². The number of aliphatic carboxylic acids is 1. The molecule has 19 heavy (non-hydrogen) atoms. The van der Waals surface area contributed by atoms with Gasteiger partial charge in [-0.05, 0) is 32.1 Å². The normalized spacial score (nSPS) is 13.8. The summed E-state index contributed by atoms with van der Waals surface area (Å²) < 4.78 is 5.52. The van der Waals surface area contributed by atoms with Crippen LogP contribution < -0.4 is 0 Å². The summed E-state index contributed by atoms with van der Waals surface area (Å²) in [5.41, 5.74) is -0.463. The van der Waals surface area contributed by atoms with Gasteiger partial charge >= 0.3 is 11.9 Å². The zero-order valence-corrected chi connectivity index (χ0v) is 12.5. The van der Waals surface area contributed by atoms with E-state index in [1.807, 2.05) is 6.92 Å². The quantitative estimate of drug-likeness (QED) is 0.457. The van der Waals surface area contributed by atoms with Crippen molar-refractivity contribution in [3.8, 4) is 0 Å². The van der Waals surface area contributed by atoms with Gasteiger partial charge in [0.1, 0.15) is 5.60 Å². The van der Waals surface area contributed by atoms with Crippen molar-refractivity contribution in [2.24, 2.45) is 0 Å². The molecule has 0 fully saturated rings. The van der Waals surface area contributed by atoms with Crippen LogP contribution in [0.4, 0.5) is 0 Å². The van der Waals surface area contributed by atoms with E-state index in [-0.39, 0.29) is 12.4 Å². The van der Waals surface area contributed by atoms with Gasteiger partial charge in [0.25, 0.3) is 0 Å². The predicted octanol–water partition coefficient (Wildman–Crippen LogP) is 3.92. The lowest BCUT2D eigenvalue weighted by Crippen LogP contribution is -2.34. The largest absolute Gasteiger partial charge is 0.481 e. The molecule has 0 radical (unpaired) electrons. The summed E-state index contributed by atoms with van der Waals surface area (Å²) in [6, 6.07) is 0. The number of carboxylic acids is 1. The first-order valence-electron chi connectivity index (χ1n) is 7.37. The molecule has 0 aliphatic heterocycles. The SMILES string of the molecule is CCCCCCC(CC)(CCCC(=O)O)OC(C)=O. The maximum absolute atomic E-state index is 11.3. The van der Waals surface area contributed by atoms with Gasteiger partial charge in [0, 0.05) is 13.3 Å². The minimum atomic E-state index is -0.793. The summed E-state index contributed by atoms with van der Waals surface area (Å²) >= 11 is 0. The number of hydrogen-bond acceptors (Lipinski definition) is 3. The van der Waals surface area contributed by atoms with Crippen molar-refractivity contribution >= 4 is 11.9 Å². The molecule has 0 aromatic heterocycles. The van der Waals surface area contributed by atoms with Crippen LogP contribution in [-0.4, -0.2) is 22.6 Å². The van der Waals surface area contributed by atoms with Crippen LogP contribution in [-0.2, 0) is 14.3 Å². The summed E-state index contributed by atoms with van der Waals surface area (Å²) in [7, 11) is 0. The molecular weight excluding hydrogens is 244 g/mol. The number of carbonyl (C=O) groups is 2. The number of esters is 1. The van der Waals surface area contributed by atoms with Crippen LogP contribution in [0.5, 0.6) is 0 Å². The van der Waals surface area contributed by atoms with E-state index in [4.69, 9.17) is 9.84 Å². The van der Waals surface area contributed by atoms with Crippen molar-refractivity contribution in [2.45, 2.75) is 84.2 Å². The number of hydrogen-bond donors (Lipinski definition) is 1. The fourth-order valence-corrected chi connectivity index (χ4v) is 2.39. The van der Waals surface area contributed by atoms with Crippen LogP contribution in [0.15, 0.2) is 0 Å². The molecular formula is C15H28O4. The molecule has 4 heteroatoms. The molecule has 0 bridgehead atoms. The van der Waals surface area contributed by atoms with E-state index in [2.05, 4.69) is 6.92 Å². The second-order valence-corrected chi connectivity index (χ2v) is 5.19. The first-order chi connectivity index (χ1) is 8.95. The molecule has 4 nitrogen and oxygen atoms in total. The number of ether oxygens (including phenoxy) is 1. The summed E-state index contributed by atoms with van der Waals surface area (Å²) in [6.07, 6.45) is 7.45. The summed E-state index contributed by atoms with van der Waals surface area (Å²) in [5, 5.41) is 8.70. The molecule has 0 heterocycles. The highest BCUT2D eigenvalue weighted by Crippen LogP contribution is 2.30. The smallest absolute Gasteiger partial charge is 0.303 e. The average Bonchev–Trinajstić information content (AvgIpc) is 2.33. The van der Waals surface area contributed by atoms with Crippen LogP contribution in [0.1, 0.15) is 78.6 Å². The van der Waals surface area contributed by atoms with E-state index in [9.17, 15) is 9.59 Å². The third-order valence-corrected chi connectivity index (χ3v) is 3.51.